The SMILES string of the molecule is CCc1nsc(SCCCCC(=O)NN)n1. The van der Waals surface area contributed by atoms with Gasteiger partial charge in [0.1, 0.15) is 5.82 Å². The van der Waals surface area contributed by atoms with Crippen molar-refractivity contribution in [2.24, 2.45) is 5.84 Å². The molecule has 0 aliphatic carbocycles. The van der Waals surface area contributed by atoms with Gasteiger partial charge in [-0.25, -0.2) is 10.8 Å². The van der Waals surface area contributed by atoms with Gasteiger partial charge in [-0.1, -0.05) is 18.7 Å². The van der Waals surface area contributed by atoms with Crippen molar-refractivity contribution in [1.82, 2.24) is 14.8 Å². The van der Waals surface area contributed by atoms with Gasteiger partial charge in [0.15, 0.2) is 4.34 Å². The lowest BCUT2D eigenvalue weighted by atomic mass is 10.2. The number of thioether (sulfide) groups is 1. The van der Waals surface area contributed by atoms with Gasteiger partial charge in [-0.3, -0.25) is 10.2 Å². The van der Waals surface area contributed by atoms with E-state index in [2.05, 4.69) is 14.8 Å². The number of aryl methyl sites for hydroxylation is 1. The van der Waals surface area contributed by atoms with E-state index in [-0.39, 0.29) is 5.91 Å². The Bertz CT molecular complexity index is 329. The number of nitrogens with one attached hydrogen (secondary N) is 1. The average molecular weight is 260 g/mol. The molecule has 0 bridgehead atoms. The Labute approximate surface area is 103 Å². The lowest BCUT2D eigenvalue weighted by Gasteiger charge is -1.98. The third-order valence-corrected chi connectivity index (χ3v) is 3.91. The van der Waals surface area contributed by atoms with Gasteiger partial charge in [-0.15, -0.1) is 0 Å². The highest BCUT2D eigenvalue weighted by atomic mass is 32.2. The molecule has 90 valence electrons. The molecule has 1 rings (SSSR count). The Morgan fingerprint density at radius 1 is 1.56 bits per heavy atom. The molecule has 1 heterocycles. The van der Waals surface area contributed by atoms with E-state index in [1.54, 1.807) is 11.8 Å². The monoisotopic (exact) mass is 260 g/mol. The van der Waals surface area contributed by atoms with E-state index in [4.69, 9.17) is 5.84 Å². The maximum atomic E-state index is 10.8. The molecular weight excluding hydrogens is 244 g/mol. The summed E-state index contributed by atoms with van der Waals surface area (Å²) in [5.41, 5.74) is 2.12. The first-order valence-electron chi connectivity index (χ1n) is 5.21. The zero-order valence-electron chi connectivity index (χ0n) is 9.23. The standard InChI is InChI=1S/C9H16N4OS2/c1-2-7-11-9(16-13-7)15-6-4-3-5-8(14)12-10/h2-6,10H2,1H3,(H,12,14). The van der Waals surface area contributed by atoms with Crippen LogP contribution >= 0.6 is 23.3 Å². The van der Waals surface area contributed by atoms with Crippen molar-refractivity contribution in [3.8, 4) is 0 Å². The number of aromatic nitrogens is 2. The zero-order chi connectivity index (χ0) is 11.8. The van der Waals surface area contributed by atoms with Gasteiger partial charge in [0.25, 0.3) is 0 Å². The maximum Gasteiger partial charge on any atom is 0.233 e. The van der Waals surface area contributed by atoms with Crippen molar-refractivity contribution in [1.29, 1.82) is 0 Å². The molecule has 16 heavy (non-hydrogen) atoms. The van der Waals surface area contributed by atoms with E-state index in [1.165, 1.54) is 11.5 Å². The van der Waals surface area contributed by atoms with Crippen LogP contribution in [0.3, 0.4) is 0 Å². The van der Waals surface area contributed by atoms with E-state index in [9.17, 15) is 4.79 Å². The van der Waals surface area contributed by atoms with E-state index >= 15 is 0 Å². The number of nitrogens with two attached hydrogens (primary N) is 1. The highest BCUT2D eigenvalue weighted by molar-refractivity contribution is 8.00. The summed E-state index contributed by atoms with van der Waals surface area (Å²) in [5.74, 6) is 6.75. The zero-order valence-corrected chi connectivity index (χ0v) is 10.9. The first-order chi connectivity index (χ1) is 7.76. The molecule has 1 aromatic heterocycles. The highest BCUT2D eigenvalue weighted by Crippen LogP contribution is 2.21. The van der Waals surface area contributed by atoms with Crippen LogP contribution in [0, 0.1) is 0 Å². The molecule has 0 aliphatic rings. The van der Waals surface area contributed by atoms with E-state index < -0.39 is 0 Å². The fourth-order valence-corrected chi connectivity index (χ4v) is 2.82. The number of hydrogen-bond donors (Lipinski definition) is 2. The van der Waals surface area contributed by atoms with Crippen LogP contribution in [0.1, 0.15) is 32.0 Å². The normalized spacial score (nSPS) is 10.4. The second kappa shape index (κ2) is 7.59. The first kappa shape index (κ1) is 13.4. The highest BCUT2D eigenvalue weighted by Gasteiger charge is 2.03. The number of hydrazine groups is 1. The number of amides is 1. The van der Waals surface area contributed by atoms with Gasteiger partial charge >= 0.3 is 0 Å². The number of rotatable bonds is 7. The molecule has 0 aromatic carbocycles. The molecular formula is C9H16N4OS2. The minimum Gasteiger partial charge on any atom is -0.294 e. The lowest BCUT2D eigenvalue weighted by Crippen LogP contribution is -2.29. The molecule has 3 N–H and O–H groups in total. The predicted octanol–water partition coefficient (Wildman–Crippen LogP) is 1.35. The van der Waals surface area contributed by atoms with E-state index in [0.29, 0.717) is 6.42 Å². The molecule has 0 saturated heterocycles. The molecule has 0 saturated carbocycles. The molecule has 1 amide bonds. The fourth-order valence-electron chi connectivity index (χ4n) is 1.06. The summed E-state index contributed by atoms with van der Waals surface area (Å²) in [5, 5.41) is 0. The summed E-state index contributed by atoms with van der Waals surface area (Å²) < 4.78 is 5.22. The summed E-state index contributed by atoms with van der Waals surface area (Å²) >= 11 is 3.14. The first-order valence-corrected chi connectivity index (χ1v) is 6.97. The quantitative estimate of drug-likeness (QED) is 0.254. The smallest absolute Gasteiger partial charge is 0.233 e. The lowest BCUT2D eigenvalue weighted by molar-refractivity contribution is -0.121. The predicted molar refractivity (Wildman–Crippen MR) is 66.2 cm³/mol. The third kappa shape index (κ3) is 4.91. The van der Waals surface area contributed by atoms with Gasteiger partial charge in [0.05, 0.1) is 0 Å². The van der Waals surface area contributed by atoms with Crippen molar-refractivity contribution >= 4 is 29.2 Å². The van der Waals surface area contributed by atoms with Crippen molar-refractivity contribution in [2.45, 2.75) is 36.9 Å². The maximum absolute atomic E-state index is 10.8. The molecule has 5 nitrogen and oxygen atoms in total. The molecule has 1 aromatic rings. The summed E-state index contributed by atoms with van der Waals surface area (Å²) in [4.78, 5) is 15.2. The third-order valence-electron chi connectivity index (χ3n) is 1.95. The van der Waals surface area contributed by atoms with Crippen LogP contribution in [-0.2, 0) is 11.2 Å². The minimum atomic E-state index is -0.103. The van der Waals surface area contributed by atoms with Crippen molar-refractivity contribution in [3.63, 3.8) is 0 Å². The summed E-state index contributed by atoms with van der Waals surface area (Å²) in [6.45, 7) is 2.04. The minimum absolute atomic E-state index is 0.103. The van der Waals surface area contributed by atoms with Crippen molar-refractivity contribution < 1.29 is 4.79 Å². The molecule has 7 heteroatoms. The summed E-state index contributed by atoms with van der Waals surface area (Å²) in [6, 6.07) is 0. The van der Waals surface area contributed by atoms with E-state index in [0.717, 1.165) is 35.2 Å². The van der Waals surface area contributed by atoms with Gasteiger partial charge < -0.3 is 0 Å². The van der Waals surface area contributed by atoms with Crippen molar-refractivity contribution in [3.05, 3.63) is 5.82 Å². The van der Waals surface area contributed by atoms with Crippen LogP contribution in [-0.4, -0.2) is 21.0 Å². The van der Waals surface area contributed by atoms with Crippen LogP contribution in [0.15, 0.2) is 4.34 Å². The Kier molecular flexibility index (Phi) is 6.36. The molecule has 0 unspecified atom stereocenters. The number of nitrogens with zero attached hydrogens (tertiary/aromatic N) is 2. The Balaban J connectivity index is 2.09. The van der Waals surface area contributed by atoms with Crippen LogP contribution in [0.25, 0.3) is 0 Å². The number of hydrogen-bond acceptors (Lipinski definition) is 6. The largest absolute Gasteiger partial charge is 0.294 e. The fraction of sp³-hybridized carbons (Fsp3) is 0.667. The molecule has 0 fully saturated rings. The molecule has 0 aliphatic heterocycles. The Morgan fingerprint density at radius 2 is 2.38 bits per heavy atom. The second-order valence-electron chi connectivity index (χ2n) is 3.20. The second-order valence-corrected chi connectivity index (χ2v) is 5.30. The van der Waals surface area contributed by atoms with Gasteiger partial charge in [0, 0.05) is 18.6 Å². The van der Waals surface area contributed by atoms with Crippen LogP contribution in [0.4, 0.5) is 0 Å². The van der Waals surface area contributed by atoms with Gasteiger partial charge in [0.2, 0.25) is 5.91 Å². The van der Waals surface area contributed by atoms with Crippen LogP contribution in [0.2, 0.25) is 0 Å². The summed E-state index contributed by atoms with van der Waals surface area (Å²) in [7, 11) is 0. The molecule has 0 atom stereocenters. The van der Waals surface area contributed by atoms with Crippen molar-refractivity contribution in [2.75, 3.05) is 5.75 Å². The Morgan fingerprint density at radius 3 is 3.00 bits per heavy atom. The number of carbonyl (C=O) groups is 1. The van der Waals surface area contributed by atoms with Gasteiger partial charge in [-0.2, -0.15) is 4.37 Å². The van der Waals surface area contributed by atoms with Crippen LogP contribution < -0.4 is 11.3 Å². The molecule has 0 spiro atoms. The number of carbonyl (C=O) groups excluding carboxylic acids is 1. The number of unbranched alkanes of at least 4 members (excludes halogenated alkanes) is 1. The summed E-state index contributed by atoms with van der Waals surface area (Å²) in [6.07, 6.45) is 3.22. The van der Waals surface area contributed by atoms with Gasteiger partial charge in [-0.05, 0) is 24.4 Å². The van der Waals surface area contributed by atoms with E-state index in [1.807, 2.05) is 6.92 Å². The van der Waals surface area contributed by atoms with Crippen LogP contribution in [0.5, 0.6) is 0 Å². The Hall–Kier alpha value is -0.660. The molecule has 0 radical (unpaired) electrons. The average Bonchev–Trinajstić information content (AvgIpc) is 2.76. The topological polar surface area (TPSA) is 80.9 Å².